The topological polar surface area (TPSA) is 122 Å². The molecule has 0 bridgehead atoms. The molecule has 3 rings (SSSR count). The molecular formula is C12H11N7OS. The van der Waals surface area contributed by atoms with E-state index in [0.717, 1.165) is 16.9 Å². The van der Waals surface area contributed by atoms with Gasteiger partial charge in [-0.1, -0.05) is 23.5 Å². The number of aryl methyl sites for hydroxylation is 1. The summed E-state index contributed by atoms with van der Waals surface area (Å²) in [4.78, 5) is 16.7. The highest BCUT2D eigenvalue weighted by atomic mass is 32.1. The SMILES string of the molecule is Cc1nc(N)sc1C(=O)Nc1cccc(-c2nn[nH]n2)c1. The van der Waals surface area contributed by atoms with Crippen molar-refractivity contribution in [3.63, 3.8) is 0 Å². The zero-order valence-corrected chi connectivity index (χ0v) is 11.8. The van der Waals surface area contributed by atoms with E-state index in [-0.39, 0.29) is 5.91 Å². The van der Waals surface area contributed by atoms with Crippen LogP contribution in [0.4, 0.5) is 10.8 Å². The number of benzene rings is 1. The summed E-state index contributed by atoms with van der Waals surface area (Å²) in [6.07, 6.45) is 0. The highest BCUT2D eigenvalue weighted by Gasteiger charge is 2.14. The fraction of sp³-hybridized carbons (Fsp3) is 0.0833. The Kier molecular flexibility index (Phi) is 3.32. The lowest BCUT2D eigenvalue weighted by Crippen LogP contribution is -2.11. The van der Waals surface area contributed by atoms with Crippen molar-refractivity contribution in [2.75, 3.05) is 11.1 Å². The van der Waals surface area contributed by atoms with Crippen molar-refractivity contribution in [2.24, 2.45) is 0 Å². The summed E-state index contributed by atoms with van der Waals surface area (Å²) >= 11 is 1.16. The molecule has 106 valence electrons. The molecule has 8 nitrogen and oxygen atoms in total. The Labute approximate surface area is 123 Å². The fourth-order valence-corrected chi connectivity index (χ4v) is 2.56. The monoisotopic (exact) mass is 301 g/mol. The molecule has 4 N–H and O–H groups in total. The van der Waals surface area contributed by atoms with Gasteiger partial charge in [0.25, 0.3) is 5.91 Å². The number of hydrogen-bond donors (Lipinski definition) is 3. The zero-order valence-electron chi connectivity index (χ0n) is 11.0. The van der Waals surface area contributed by atoms with Crippen molar-refractivity contribution in [1.29, 1.82) is 0 Å². The van der Waals surface area contributed by atoms with Gasteiger partial charge in [-0.15, -0.1) is 10.2 Å². The van der Waals surface area contributed by atoms with Gasteiger partial charge in [-0.05, 0) is 24.3 Å². The van der Waals surface area contributed by atoms with Crippen LogP contribution < -0.4 is 11.1 Å². The summed E-state index contributed by atoms with van der Waals surface area (Å²) in [5.41, 5.74) is 7.60. The predicted molar refractivity (Wildman–Crippen MR) is 78.8 cm³/mol. The summed E-state index contributed by atoms with van der Waals surface area (Å²) in [7, 11) is 0. The number of carbonyl (C=O) groups is 1. The third-order valence-corrected chi connectivity index (χ3v) is 3.73. The molecular weight excluding hydrogens is 290 g/mol. The van der Waals surface area contributed by atoms with Crippen molar-refractivity contribution in [3.8, 4) is 11.4 Å². The molecule has 9 heteroatoms. The fourth-order valence-electron chi connectivity index (χ4n) is 1.84. The van der Waals surface area contributed by atoms with Crippen LogP contribution in [0.3, 0.4) is 0 Å². The molecule has 0 fully saturated rings. The van der Waals surface area contributed by atoms with Crippen LogP contribution in [0.15, 0.2) is 24.3 Å². The number of thiazole rings is 1. The first-order chi connectivity index (χ1) is 10.1. The van der Waals surface area contributed by atoms with E-state index in [1.54, 1.807) is 25.1 Å². The maximum atomic E-state index is 12.2. The smallest absolute Gasteiger partial charge is 0.267 e. The number of anilines is 2. The van der Waals surface area contributed by atoms with Gasteiger partial charge in [0, 0.05) is 11.3 Å². The van der Waals surface area contributed by atoms with Crippen molar-refractivity contribution < 1.29 is 4.79 Å². The third-order valence-electron chi connectivity index (χ3n) is 2.74. The average Bonchev–Trinajstić information content (AvgIpc) is 3.08. The number of hydrogen-bond acceptors (Lipinski definition) is 7. The maximum Gasteiger partial charge on any atom is 0.267 e. The number of H-pyrrole nitrogens is 1. The first-order valence-electron chi connectivity index (χ1n) is 6.01. The number of aromatic nitrogens is 5. The molecule has 0 saturated carbocycles. The van der Waals surface area contributed by atoms with Crippen molar-refractivity contribution >= 4 is 28.1 Å². The molecule has 1 amide bonds. The largest absolute Gasteiger partial charge is 0.375 e. The van der Waals surface area contributed by atoms with E-state index in [9.17, 15) is 4.79 Å². The molecule has 0 aliphatic heterocycles. The Morgan fingerprint density at radius 2 is 2.29 bits per heavy atom. The zero-order chi connectivity index (χ0) is 14.8. The summed E-state index contributed by atoms with van der Waals surface area (Å²) in [6, 6.07) is 7.18. The molecule has 2 aromatic heterocycles. The summed E-state index contributed by atoms with van der Waals surface area (Å²) in [5, 5.41) is 16.9. The lowest BCUT2D eigenvalue weighted by Gasteiger charge is -2.05. The second-order valence-electron chi connectivity index (χ2n) is 4.24. The molecule has 0 atom stereocenters. The number of rotatable bonds is 3. The van der Waals surface area contributed by atoms with Crippen LogP contribution in [0.5, 0.6) is 0 Å². The number of nitrogens with zero attached hydrogens (tertiary/aromatic N) is 4. The molecule has 0 radical (unpaired) electrons. The van der Waals surface area contributed by atoms with E-state index >= 15 is 0 Å². The summed E-state index contributed by atoms with van der Waals surface area (Å²) in [5.74, 6) is 0.219. The van der Waals surface area contributed by atoms with Gasteiger partial charge in [0.05, 0.1) is 5.69 Å². The predicted octanol–water partition coefficient (Wildman–Crippen LogP) is 1.47. The van der Waals surface area contributed by atoms with Crippen LogP contribution in [0.1, 0.15) is 15.4 Å². The van der Waals surface area contributed by atoms with E-state index in [1.807, 2.05) is 6.07 Å². The highest BCUT2D eigenvalue weighted by Crippen LogP contribution is 2.23. The second kappa shape index (κ2) is 5.29. The third kappa shape index (κ3) is 2.72. The van der Waals surface area contributed by atoms with Crippen LogP contribution in [0, 0.1) is 6.92 Å². The summed E-state index contributed by atoms with van der Waals surface area (Å²) < 4.78 is 0. The Bertz CT molecular complexity index is 781. The minimum atomic E-state index is -0.244. The van der Waals surface area contributed by atoms with Gasteiger partial charge in [0.15, 0.2) is 5.13 Å². The standard InChI is InChI=1S/C12H11N7OS/c1-6-9(21-12(13)14-6)11(20)15-8-4-2-3-7(5-8)10-16-18-19-17-10/h2-5H,1H3,(H2,13,14)(H,15,20)(H,16,17,18,19). The van der Waals surface area contributed by atoms with E-state index in [2.05, 4.69) is 30.9 Å². The van der Waals surface area contributed by atoms with Gasteiger partial charge < -0.3 is 11.1 Å². The molecule has 1 aromatic carbocycles. The highest BCUT2D eigenvalue weighted by molar-refractivity contribution is 7.17. The number of nitrogens with two attached hydrogens (primary N) is 1. The van der Waals surface area contributed by atoms with Gasteiger partial charge in [0.2, 0.25) is 5.82 Å². The van der Waals surface area contributed by atoms with Gasteiger partial charge in [-0.3, -0.25) is 4.79 Å². The van der Waals surface area contributed by atoms with Crippen molar-refractivity contribution in [2.45, 2.75) is 6.92 Å². The molecule has 0 aliphatic carbocycles. The van der Waals surface area contributed by atoms with E-state index < -0.39 is 0 Å². The molecule has 2 heterocycles. The molecule has 0 spiro atoms. The molecule has 0 saturated heterocycles. The first kappa shape index (κ1) is 13.2. The average molecular weight is 301 g/mol. The second-order valence-corrected chi connectivity index (χ2v) is 5.27. The number of tetrazole rings is 1. The number of nitrogen functional groups attached to an aromatic ring is 1. The Morgan fingerprint density at radius 1 is 1.43 bits per heavy atom. The maximum absolute atomic E-state index is 12.2. The minimum absolute atomic E-state index is 0.244. The van der Waals surface area contributed by atoms with E-state index in [1.165, 1.54) is 0 Å². The van der Waals surface area contributed by atoms with E-state index in [0.29, 0.717) is 27.2 Å². The lowest BCUT2D eigenvalue weighted by atomic mass is 10.2. The first-order valence-corrected chi connectivity index (χ1v) is 6.83. The number of carbonyl (C=O) groups excluding carboxylic acids is 1. The number of aromatic amines is 1. The van der Waals surface area contributed by atoms with Gasteiger partial charge in [-0.2, -0.15) is 5.21 Å². The van der Waals surface area contributed by atoms with Crippen LogP contribution >= 0.6 is 11.3 Å². The Balaban J connectivity index is 1.84. The number of nitrogens with one attached hydrogen (secondary N) is 2. The van der Waals surface area contributed by atoms with Crippen molar-refractivity contribution in [3.05, 3.63) is 34.8 Å². The molecule has 21 heavy (non-hydrogen) atoms. The van der Waals surface area contributed by atoms with E-state index in [4.69, 9.17) is 5.73 Å². The van der Waals surface area contributed by atoms with Crippen LogP contribution in [0.2, 0.25) is 0 Å². The van der Waals surface area contributed by atoms with Gasteiger partial charge in [0.1, 0.15) is 4.88 Å². The van der Waals surface area contributed by atoms with Crippen molar-refractivity contribution in [1.82, 2.24) is 25.6 Å². The molecule has 3 aromatic rings. The normalized spacial score (nSPS) is 10.5. The molecule has 0 unspecified atom stereocenters. The van der Waals surface area contributed by atoms with Gasteiger partial charge >= 0.3 is 0 Å². The minimum Gasteiger partial charge on any atom is -0.375 e. The van der Waals surface area contributed by atoms with Crippen LogP contribution in [-0.2, 0) is 0 Å². The quantitative estimate of drug-likeness (QED) is 0.673. The summed E-state index contributed by atoms with van der Waals surface area (Å²) in [6.45, 7) is 1.75. The number of amides is 1. The van der Waals surface area contributed by atoms with Crippen LogP contribution in [0.25, 0.3) is 11.4 Å². The van der Waals surface area contributed by atoms with Gasteiger partial charge in [-0.25, -0.2) is 4.98 Å². The lowest BCUT2D eigenvalue weighted by molar-refractivity contribution is 0.103. The van der Waals surface area contributed by atoms with Crippen LogP contribution in [-0.4, -0.2) is 31.5 Å². The Morgan fingerprint density at radius 3 is 2.95 bits per heavy atom. The Hall–Kier alpha value is -2.81. The molecule has 0 aliphatic rings.